The highest BCUT2D eigenvalue weighted by Crippen LogP contribution is 2.32. The van der Waals surface area contributed by atoms with Crippen molar-refractivity contribution in [3.63, 3.8) is 0 Å². The highest BCUT2D eigenvalue weighted by molar-refractivity contribution is 5.80. The summed E-state index contributed by atoms with van der Waals surface area (Å²) in [6, 6.07) is 11.2. The lowest BCUT2D eigenvalue weighted by Gasteiger charge is -2.07. The Kier molecular flexibility index (Phi) is 3.47. The summed E-state index contributed by atoms with van der Waals surface area (Å²) in [4.78, 5) is 12.2. The lowest BCUT2D eigenvalue weighted by atomic mass is 10.1. The maximum Gasteiger partial charge on any atom is 0.193 e. The van der Waals surface area contributed by atoms with Crippen LogP contribution in [0.15, 0.2) is 51.7 Å². The fourth-order valence-corrected chi connectivity index (χ4v) is 2.25. The number of ether oxygens (including phenoxy) is 2. The number of aromatic hydroxyl groups is 1. The van der Waals surface area contributed by atoms with Crippen molar-refractivity contribution in [2.24, 2.45) is 0 Å². The molecular weight excluding hydrogens is 284 g/mol. The summed E-state index contributed by atoms with van der Waals surface area (Å²) in [5, 5.41) is 10.3. The van der Waals surface area contributed by atoms with Gasteiger partial charge >= 0.3 is 0 Å². The third kappa shape index (κ3) is 2.37. The molecule has 3 rings (SSSR count). The second kappa shape index (κ2) is 5.44. The fourth-order valence-electron chi connectivity index (χ4n) is 2.25. The van der Waals surface area contributed by atoms with E-state index in [2.05, 4.69) is 0 Å². The second-order valence-corrected chi connectivity index (χ2v) is 4.72. The zero-order valence-corrected chi connectivity index (χ0v) is 12.1. The van der Waals surface area contributed by atoms with Crippen molar-refractivity contribution in [3.05, 3.63) is 52.7 Å². The molecule has 2 aromatic carbocycles. The van der Waals surface area contributed by atoms with E-state index in [4.69, 9.17) is 13.9 Å². The third-order valence-electron chi connectivity index (χ3n) is 3.40. The van der Waals surface area contributed by atoms with Crippen molar-refractivity contribution >= 4 is 11.0 Å². The van der Waals surface area contributed by atoms with E-state index in [1.54, 1.807) is 37.4 Å². The molecule has 0 aliphatic rings. The van der Waals surface area contributed by atoms with Crippen LogP contribution < -0.4 is 14.9 Å². The van der Waals surface area contributed by atoms with Crippen LogP contribution in [0.2, 0.25) is 0 Å². The minimum absolute atomic E-state index is 0.0200. The number of phenols is 1. The topological polar surface area (TPSA) is 68.9 Å². The van der Waals surface area contributed by atoms with Gasteiger partial charge in [-0.2, -0.15) is 0 Å². The SMILES string of the molecule is COc1ccc2c(=O)cc(-c3ccc(OC)c(O)c3)oc2c1. The van der Waals surface area contributed by atoms with Crippen LogP contribution in [-0.2, 0) is 0 Å². The van der Waals surface area contributed by atoms with Crippen LogP contribution in [0.5, 0.6) is 17.2 Å². The van der Waals surface area contributed by atoms with Crippen LogP contribution in [0.3, 0.4) is 0 Å². The van der Waals surface area contributed by atoms with Crippen molar-refractivity contribution in [2.45, 2.75) is 0 Å². The van der Waals surface area contributed by atoms with Gasteiger partial charge in [-0.3, -0.25) is 4.79 Å². The van der Waals surface area contributed by atoms with Gasteiger partial charge in [-0.05, 0) is 30.3 Å². The van der Waals surface area contributed by atoms with Crippen LogP contribution in [0.1, 0.15) is 0 Å². The van der Waals surface area contributed by atoms with Gasteiger partial charge in [-0.15, -0.1) is 0 Å². The predicted octanol–water partition coefficient (Wildman–Crippen LogP) is 3.18. The average molecular weight is 298 g/mol. The molecule has 1 N–H and O–H groups in total. The molecule has 0 fully saturated rings. The Morgan fingerprint density at radius 1 is 1.00 bits per heavy atom. The number of fused-ring (bicyclic) bond motifs is 1. The minimum Gasteiger partial charge on any atom is -0.504 e. The normalized spacial score (nSPS) is 10.6. The molecule has 0 radical (unpaired) electrons. The molecule has 5 nitrogen and oxygen atoms in total. The molecule has 0 spiro atoms. The number of methoxy groups -OCH3 is 2. The minimum atomic E-state index is -0.158. The molecule has 0 atom stereocenters. The molecule has 5 heteroatoms. The van der Waals surface area contributed by atoms with Gasteiger partial charge in [0.1, 0.15) is 17.1 Å². The molecule has 112 valence electrons. The molecule has 0 aliphatic carbocycles. The molecule has 0 unspecified atom stereocenters. The summed E-state index contributed by atoms with van der Waals surface area (Å²) in [5.74, 6) is 1.30. The van der Waals surface area contributed by atoms with E-state index >= 15 is 0 Å². The second-order valence-electron chi connectivity index (χ2n) is 4.72. The molecule has 0 saturated carbocycles. The maximum absolute atomic E-state index is 12.2. The van der Waals surface area contributed by atoms with Gasteiger partial charge in [-0.1, -0.05) is 0 Å². The van der Waals surface area contributed by atoms with Crippen molar-refractivity contribution in [1.29, 1.82) is 0 Å². The van der Waals surface area contributed by atoms with E-state index in [1.165, 1.54) is 19.2 Å². The van der Waals surface area contributed by atoms with E-state index in [0.717, 1.165) is 0 Å². The highest BCUT2D eigenvalue weighted by atomic mass is 16.5. The molecule has 0 aliphatic heterocycles. The van der Waals surface area contributed by atoms with Crippen LogP contribution >= 0.6 is 0 Å². The Bertz CT molecular complexity index is 895. The summed E-state index contributed by atoms with van der Waals surface area (Å²) in [6.07, 6.45) is 0. The van der Waals surface area contributed by atoms with Gasteiger partial charge < -0.3 is 19.0 Å². The molecule has 0 amide bonds. The zero-order valence-electron chi connectivity index (χ0n) is 12.1. The van der Waals surface area contributed by atoms with Crippen LogP contribution in [0.4, 0.5) is 0 Å². The number of benzene rings is 2. The third-order valence-corrected chi connectivity index (χ3v) is 3.40. The predicted molar refractivity (Wildman–Crippen MR) is 82.7 cm³/mol. The van der Waals surface area contributed by atoms with E-state index in [0.29, 0.717) is 33.8 Å². The van der Waals surface area contributed by atoms with Gasteiger partial charge in [0.2, 0.25) is 0 Å². The Balaban J connectivity index is 2.18. The average Bonchev–Trinajstić information content (AvgIpc) is 2.54. The van der Waals surface area contributed by atoms with E-state index in [-0.39, 0.29) is 11.2 Å². The number of phenolic OH excluding ortho intramolecular Hbond substituents is 1. The molecule has 1 heterocycles. The Labute approximate surface area is 126 Å². The number of rotatable bonds is 3. The number of hydrogen-bond donors (Lipinski definition) is 1. The summed E-state index contributed by atoms with van der Waals surface area (Å²) < 4.78 is 15.9. The Hall–Kier alpha value is -2.95. The Morgan fingerprint density at radius 2 is 1.82 bits per heavy atom. The molecule has 3 aromatic rings. The van der Waals surface area contributed by atoms with Crippen molar-refractivity contribution in [1.82, 2.24) is 0 Å². The van der Waals surface area contributed by atoms with Gasteiger partial charge in [0.15, 0.2) is 16.9 Å². The molecule has 0 bridgehead atoms. The van der Waals surface area contributed by atoms with E-state index < -0.39 is 0 Å². The van der Waals surface area contributed by atoms with Crippen LogP contribution in [-0.4, -0.2) is 19.3 Å². The van der Waals surface area contributed by atoms with Crippen molar-refractivity contribution in [3.8, 4) is 28.6 Å². The van der Waals surface area contributed by atoms with Crippen LogP contribution in [0.25, 0.3) is 22.3 Å². The Morgan fingerprint density at radius 3 is 2.50 bits per heavy atom. The van der Waals surface area contributed by atoms with E-state index in [1.807, 2.05) is 0 Å². The quantitative estimate of drug-likeness (QED) is 0.804. The first kappa shape index (κ1) is 14.0. The van der Waals surface area contributed by atoms with E-state index in [9.17, 15) is 9.90 Å². The summed E-state index contributed by atoms with van der Waals surface area (Å²) in [5.41, 5.74) is 0.853. The largest absolute Gasteiger partial charge is 0.504 e. The van der Waals surface area contributed by atoms with Gasteiger partial charge in [0.05, 0.1) is 19.6 Å². The van der Waals surface area contributed by atoms with Gasteiger partial charge in [0, 0.05) is 17.7 Å². The lowest BCUT2D eigenvalue weighted by Crippen LogP contribution is -2.00. The number of hydrogen-bond acceptors (Lipinski definition) is 5. The molecule has 0 saturated heterocycles. The van der Waals surface area contributed by atoms with Crippen LogP contribution in [0, 0.1) is 0 Å². The lowest BCUT2D eigenvalue weighted by molar-refractivity contribution is 0.373. The van der Waals surface area contributed by atoms with Gasteiger partial charge in [-0.25, -0.2) is 0 Å². The molecular formula is C17H14O5. The highest BCUT2D eigenvalue weighted by Gasteiger charge is 2.10. The molecule has 1 aromatic heterocycles. The summed E-state index contributed by atoms with van der Waals surface area (Å²) in [6.45, 7) is 0. The maximum atomic E-state index is 12.2. The first-order valence-electron chi connectivity index (χ1n) is 6.61. The zero-order chi connectivity index (χ0) is 15.7. The smallest absolute Gasteiger partial charge is 0.193 e. The standard InChI is InChI=1S/C17H14O5/c1-20-11-4-5-12-13(18)9-16(22-17(12)8-11)10-3-6-15(21-2)14(19)7-10/h3-9,19H,1-2H3. The van der Waals surface area contributed by atoms with Gasteiger partial charge in [0.25, 0.3) is 0 Å². The van der Waals surface area contributed by atoms with Crippen molar-refractivity contribution in [2.75, 3.05) is 14.2 Å². The fraction of sp³-hybridized carbons (Fsp3) is 0.118. The first-order chi connectivity index (χ1) is 10.6. The molecule has 22 heavy (non-hydrogen) atoms. The summed E-state index contributed by atoms with van der Waals surface area (Å²) >= 11 is 0. The monoisotopic (exact) mass is 298 g/mol. The van der Waals surface area contributed by atoms with Crippen molar-refractivity contribution < 1.29 is 19.0 Å². The first-order valence-corrected chi connectivity index (χ1v) is 6.61. The summed E-state index contributed by atoms with van der Waals surface area (Å²) in [7, 11) is 3.02.